The summed E-state index contributed by atoms with van der Waals surface area (Å²) in [5, 5.41) is 0. The van der Waals surface area contributed by atoms with Crippen molar-refractivity contribution >= 4 is 34.7 Å². The molecule has 0 amide bonds. The molecule has 0 aromatic rings. The van der Waals surface area contributed by atoms with Crippen LogP contribution in [0.1, 0.15) is 41.5 Å². The Balaban J connectivity index is -0.0000000675. The monoisotopic (exact) mass is 481 g/mol. The summed E-state index contributed by atoms with van der Waals surface area (Å²) < 4.78 is 0. The van der Waals surface area contributed by atoms with Gasteiger partial charge in [0.15, 0.2) is 0 Å². The van der Waals surface area contributed by atoms with E-state index in [1.165, 1.54) is 41.5 Å². The molecule has 23 heavy (non-hydrogen) atoms. The van der Waals surface area contributed by atoms with Gasteiger partial charge in [-0.2, -0.15) is 0 Å². The molecule has 0 aromatic carbocycles. The van der Waals surface area contributed by atoms with Gasteiger partial charge in [0.25, 0.3) is 0 Å². The maximum Gasteiger partial charge on any atom is 3.00 e. The third-order valence-corrected chi connectivity index (χ3v) is 1.22. The Bertz CT molecular complexity index is 316. The first kappa shape index (κ1) is 33.4. The summed E-state index contributed by atoms with van der Waals surface area (Å²) in [7, 11) is 0. The van der Waals surface area contributed by atoms with Gasteiger partial charge in [-0.3, -0.25) is 19.3 Å². The molecule has 0 spiro atoms. The van der Waals surface area contributed by atoms with Crippen LogP contribution in [0.3, 0.4) is 0 Å². The number of carbonyl (C=O) groups is 6. The molecule has 0 bridgehead atoms. The Morgan fingerprint density at radius 2 is 0.522 bits per heavy atom. The van der Waals surface area contributed by atoms with Gasteiger partial charge in [-0.25, -0.2) is 0 Å². The van der Waals surface area contributed by atoms with Gasteiger partial charge in [0, 0.05) is 34.7 Å². The molecule has 0 rings (SSSR count). The van der Waals surface area contributed by atoms with Crippen LogP contribution in [0.25, 0.3) is 0 Å². The molecule has 0 saturated carbocycles. The average Bonchev–Trinajstić information content (AvgIpc) is 2.10. The average molecular weight is 483 g/mol. The van der Waals surface area contributed by atoms with Crippen LogP contribution >= 0.6 is 0 Å². The topological polar surface area (TPSA) is 134 Å². The van der Waals surface area contributed by atoms with E-state index in [0.717, 1.165) is 19.3 Å². The van der Waals surface area contributed by atoms with Crippen LogP contribution in [0.15, 0.2) is 0 Å². The van der Waals surface area contributed by atoms with Gasteiger partial charge in [-0.15, -0.1) is 0 Å². The van der Waals surface area contributed by atoms with Crippen molar-refractivity contribution in [2.24, 2.45) is 0 Å². The third-order valence-electron chi connectivity index (χ3n) is 1.22. The first-order chi connectivity index (χ1) is 9.38. The van der Waals surface area contributed by atoms with Crippen molar-refractivity contribution in [2.45, 2.75) is 41.5 Å². The molecule has 0 atom stereocenters. The fourth-order valence-electron chi connectivity index (χ4n) is 0.859. The van der Waals surface area contributed by atoms with Crippen molar-refractivity contribution in [1.29, 1.82) is 0 Å². The van der Waals surface area contributed by atoms with E-state index in [1.807, 2.05) is 0 Å². The minimum atomic E-state index is -0.187. The zero-order valence-electron chi connectivity index (χ0n) is 14.0. The first-order valence-electron chi connectivity index (χ1n) is 5.96. The van der Waals surface area contributed by atoms with Crippen molar-refractivity contribution in [3.8, 4) is 0 Å². The van der Waals surface area contributed by atoms with E-state index < -0.39 is 0 Å². The Morgan fingerprint density at radius 3 is 0.522 bits per heavy atom. The van der Waals surface area contributed by atoms with Crippen LogP contribution in [-0.4, -0.2) is 40.2 Å². The fourth-order valence-corrected chi connectivity index (χ4v) is 0.859. The maximum absolute atomic E-state index is 9.98. The maximum atomic E-state index is 9.98. The van der Waals surface area contributed by atoms with E-state index in [0.29, 0.717) is 0 Å². The Morgan fingerprint density at radius 1 is 0.435 bits per heavy atom. The molecule has 0 aliphatic heterocycles. The van der Waals surface area contributed by atoms with Crippen LogP contribution in [0.5, 0.6) is 0 Å². The first-order valence-corrected chi connectivity index (χ1v) is 5.96. The fraction of sp³-hybridized carbons (Fsp3) is 0.400. The SMILES string of the molecule is CC(=O)[CH-]C(C)=O.CC(=O)[CH-]C(C)=O.CC(=O)[CH-]C(C)=O.O.[Er+3]. The summed E-state index contributed by atoms with van der Waals surface area (Å²) in [6.45, 7) is 8.09. The number of ketones is 6. The molecule has 0 unspecified atom stereocenters. The molecule has 1 radical (unpaired) electrons. The van der Waals surface area contributed by atoms with E-state index in [-0.39, 0.29) is 77.5 Å². The normalized spacial score (nSPS) is 7.04. The number of hydrogen-bond donors (Lipinski definition) is 0. The summed E-state index contributed by atoms with van der Waals surface area (Å²) >= 11 is 0. The van der Waals surface area contributed by atoms with Crippen LogP contribution in [0.2, 0.25) is 0 Å². The standard InChI is InChI=1S/3C5H7O2.Er.H2O/c3*1-4(6)3-5(2)7;;/h3*3H,1-2H3;;1H2/q3*-1;+3;. The van der Waals surface area contributed by atoms with Gasteiger partial charge < -0.3 is 34.2 Å². The second-order valence-electron chi connectivity index (χ2n) is 4.10. The van der Waals surface area contributed by atoms with Gasteiger partial charge in [-0.1, -0.05) is 0 Å². The third kappa shape index (κ3) is 63.0. The van der Waals surface area contributed by atoms with E-state index in [9.17, 15) is 28.8 Å². The predicted molar refractivity (Wildman–Crippen MR) is 80.6 cm³/mol. The molecule has 137 valence electrons. The quantitative estimate of drug-likeness (QED) is 0.394. The predicted octanol–water partition coefficient (Wildman–Crippen LogP) is 0.281. The second kappa shape index (κ2) is 20.8. The summed E-state index contributed by atoms with van der Waals surface area (Å²) in [4.78, 5) is 59.9. The molecule has 8 heteroatoms. The molecular weight excluding hydrogens is 459 g/mol. The zero-order valence-corrected chi connectivity index (χ0v) is 15.8. The van der Waals surface area contributed by atoms with E-state index in [1.54, 1.807) is 0 Å². The van der Waals surface area contributed by atoms with Gasteiger partial charge in [0.1, 0.15) is 0 Å². The molecule has 0 heterocycles. The van der Waals surface area contributed by atoms with Gasteiger partial charge in [-0.05, 0) is 41.5 Å². The molecule has 7 nitrogen and oxygen atoms in total. The molecule has 0 fully saturated rings. The number of carbonyl (C=O) groups excluding carboxylic acids is 6. The minimum Gasteiger partial charge on any atom is -0.412 e. The zero-order chi connectivity index (χ0) is 17.6. The van der Waals surface area contributed by atoms with Crippen molar-refractivity contribution in [3.63, 3.8) is 0 Å². The Labute approximate surface area is 166 Å². The summed E-state index contributed by atoms with van der Waals surface area (Å²) in [6, 6.07) is 0. The molecule has 0 saturated heterocycles. The number of Topliss-reactive ketones (excluding diaryl/α,β-unsaturated/α-hetero) is 6. The second-order valence-corrected chi connectivity index (χ2v) is 4.10. The van der Waals surface area contributed by atoms with Gasteiger partial charge in [0.05, 0.1) is 0 Å². The molecular formula is C15H23ErO7. The Hall–Kier alpha value is -1.16. The number of hydrogen-bond acceptors (Lipinski definition) is 6. The van der Waals surface area contributed by atoms with Crippen molar-refractivity contribution < 1.29 is 71.5 Å². The van der Waals surface area contributed by atoms with Gasteiger partial charge in [0.2, 0.25) is 0 Å². The number of rotatable bonds is 6. The van der Waals surface area contributed by atoms with E-state index in [2.05, 4.69) is 0 Å². The molecule has 0 aliphatic carbocycles. The summed E-state index contributed by atoms with van der Waals surface area (Å²) in [5.41, 5.74) is 0. The van der Waals surface area contributed by atoms with Crippen molar-refractivity contribution in [3.05, 3.63) is 19.3 Å². The molecule has 2 N–H and O–H groups in total. The van der Waals surface area contributed by atoms with Crippen LogP contribution < -0.4 is 0 Å². The largest absolute Gasteiger partial charge is 3.00 e. The van der Waals surface area contributed by atoms with Crippen molar-refractivity contribution in [1.82, 2.24) is 0 Å². The van der Waals surface area contributed by atoms with E-state index >= 15 is 0 Å². The molecule has 0 aliphatic rings. The van der Waals surface area contributed by atoms with Crippen LogP contribution in [-0.2, 0) is 28.8 Å². The molecule has 0 aromatic heterocycles. The minimum absolute atomic E-state index is 0. The van der Waals surface area contributed by atoms with Crippen molar-refractivity contribution in [2.75, 3.05) is 0 Å². The Kier molecular flexibility index (Phi) is 30.3. The van der Waals surface area contributed by atoms with E-state index in [4.69, 9.17) is 0 Å². The summed E-state index contributed by atoms with van der Waals surface area (Å²) in [6.07, 6.45) is 3.17. The smallest absolute Gasteiger partial charge is 0.412 e. The van der Waals surface area contributed by atoms with Gasteiger partial charge >= 0.3 is 37.3 Å². The van der Waals surface area contributed by atoms with Crippen LogP contribution in [0, 0.1) is 56.6 Å². The van der Waals surface area contributed by atoms with Crippen LogP contribution in [0.4, 0.5) is 0 Å². The summed E-state index contributed by atoms with van der Waals surface area (Å²) in [5.74, 6) is -1.12.